The van der Waals surface area contributed by atoms with Crippen LogP contribution in [0.5, 0.6) is 17.2 Å². The molecule has 0 aromatic heterocycles. The molecule has 3 aromatic rings. The second-order valence-electron chi connectivity index (χ2n) is 8.19. The van der Waals surface area contributed by atoms with Crippen LogP contribution in [0.15, 0.2) is 66.7 Å². The molecule has 4 rings (SSSR count). The Balaban J connectivity index is 1.32. The molecule has 0 atom stereocenters. The minimum Gasteiger partial charge on any atom is -0.497 e. The Morgan fingerprint density at radius 2 is 1.61 bits per heavy atom. The fraction of sp³-hybridized carbons (Fsp3) is 0.259. The van der Waals surface area contributed by atoms with Gasteiger partial charge in [-0.15, -0.1) is 0 Å². The monoisotopic (exact) mass is 509 g/mol. The number of ether oxygens (including phenoxy) is 3. The van der Waals surface area contributed by atoms with Gasteiger partial charge in [0.05, 0.1) is 14.2 Å². The Bertz CT molecular complexity index is 1200. The van der Waals surface area contributed by atoms with Crippen LogP contribution < -0.4 is 24.4 Å². The topological polar surface area (TPSA) is 63.3 Å². The van der Waals surface area contributed by atoms with Crippen LogP contribution in [0.4, 0.5) is 15.8 Å². The molecule has 1 saturated heterocycles. The first-order valence-corrected chi connectivity index (χ1v) is 11.9. The van der Waals surface area contributed by atoms with E-state index < -0.39 is 0 Å². The van der Waals surface area contributed by atoms with Gasteiger partial charge in [-0.1, -0.05) is 12.2 Å². The normalized spacial score (nSPS) is 13.2. The van der Waals surface area contributed by atoms with Gasteiger partial charge in [0.15, 0.2) is 18.1 Å². The third-order valence-corrected chi connectivity index (χ3v) is 6.40. The predicted molar refractivity (Wildman–Crippen MR) is 142 cm³/mol. The van der Waals surface area contributed by atoms with Gasteiger partial charge in [-0.3, -0.25) is 4.79 Å². The van der Waals surface area contributed by atoms with Crippen molar-refractivity contribution in [3.8, 4) is 17.2 Å². The van der Waals surface area contributed by atoms with E-state index in [9.17, 15) is 9.18 Å². The van der Waals surface area contributed by atoms with E-state index in [4.69, 9.17) is 26.4 Å². The summed E-state index contributed by atoms with van der Waals surface area (Å²) in [6, 6.07) is 19.0. The molecule has 1 amide bonds. The molecule has 188 valence electrons. The number of carbonyl (C=O) groups is 1. The molecule has 0 radical (unpaired) electrons. The van der Waals surface area contributed by atoms with Gasteiger partial charge < -0.3 is 29.3 Å². The van der Waals surface area contributed by atoms with Gasteiger partial charge in [-0.05, 0) is 66.7 Å². The molecule has 0 bridgehead atoms. The lowest BCUT2D eigenvalue weighted by molar-refractivity contribution is -0.118. The number of benzene rings is 3. The number of thiocarbonyl (C=S) groups is 1. The number of carbonyl (C=O) groups excluding carboxylic acids is 1. The molecular formula is C27H28FN3O4S. The molecule has 9 heteroatoms. The average molecular weight is 510 g/mol. The summed E-state index contributed by atoms with van der Waals surface area (Å²) in [6.45, 7) is 2.91. The van der Waals surface area contributed by atoms with Crippen LogP contribution >= 0.6 is 12.2 Å². The van der Waals surface area contributed by atoms with E-state index in [1.807, 2.05) is 12.1 Å². The number of piperazine rings is 1. The number of halogens is 1. The van der Waals surface area contributed by atoms with Gasteiger partial charge in [-0.25, -0.2) is 4.39 Å². The molecule has 3 aromatic carbocycles. The summed E-state index contributed by atoms with van der Waals surface area (Å²) in [7, 11) is 3.14. The predicted octanol–water partition coefficient (Wildman–Crippen LogP) is 4.36. The van der Waals surface area contributed by atoms with Crippen LogP contribution in [0.2, 0.25) is 0 Å². The zero-order valence-corrected chi connectivity index (χ0v) is 21.0. The highest BCUT2D eigenvalue weighted by Crippen LogP contribution is 2.29. The Labute approximate surface area is 215 Å². The maximum atomic E-state index is 13.2. The zero-order valence-electron chi connectivity index (χ0n) is 20.2. The van der Waals surface area contributed by atoms with Crippen LogP contribution in [-0.4, -0.2) is 62.8 Å². The van der Waals surface area contributed by atoms with Crippen molar-refractivity contribution in [2.45, 2.75) is 0 Å². The second kappa shape index (κ2) is 11.7. The first-order valence-electron chi connectivity index (χ1n) is 11.5. The van der Waals surface area contributed by atoms with E-state index >= 15 is 0 Å². The minimum absolute atomic E-state index is 0.169. The molecule has 1 aliphatic rings. The summed E-state index contributed by atoms with van der Waals surface area (Å²) in [5.41, 5.74) is 2.49. The van der Waals surface area contributed by atoms with E-state index in [1.165, 1.54) is 12.1 Å². The molecule has 0 spiro atoms. The number of nitrogens with one attached hydrogen (secondary N) is 1. The molecule has 1 heterocycles. The maximum Gasteiger partial charge on any atom is 0.262 e. The highest BCUT2D eigenvalue weighted by molar-refractivity contribution is 7.80. The van der Waals surface area contributed by atoms with Gasteiger partial charge in [-0.2, -0.15) is 0 Å². The van der Waals surface area contributed by atoms with Crippen molar-refractivity contribution in [2.24, 2.45) is 0 Å². The molecule has 36 heavy (non-hydrogen) atoms. The molecule has 1 N–H and O–H groups in total. The first kappa shape index (κ1) is 25.2. The van der Waals surface area contributed by atoms with Crippen LogP contribution in [0.3, 0.4) is 0 Å². The van der Waals surface area contributed by atoms with E-state index in [-0.39, 0.29) is 18.3 Å². The Morgan fingerprint density at radius 3 is 2.25 bits per heavy atom. The largest absolute Gasteiger partial charge is 0.497 e. The van der Waals surface area contributed by atoms with Crippen molar-refractivity contribution in [3.05, 3.63) is 78.1 Å². The first-order chi connectivity index (χ1) is 17.5. The summed E-state index contributed by atoms with van der Waals surface area (Å²) < 4.78 is 29.5. The Hall–Kier alpha value is -3.85. The van der Waals surface area contributed by atoms with Gasteiger partial charge in [0.2, 0.25) is 0 Å². The second-order valence-corrected chi connectivity index (χ2v) is 8.57. The number of rotatable bonds is 8. The molecule has 1 aliphatic heterocycles. The number of nitrogens with zero attached hydrogens (tertiary/aromatic N) is 2. The highest BCUT2D eigenvalue weighted by Gasteiger charge is 2.21. The third kappa shape index (κ3) is 6.23. The maximum absolute atomic E-state index is 13.2. The fourth-order valence-corrected chi connectivity index (χ4v) is 4.25. The molecule has 7 nitrogen and oxygen atoms in total. The lowest BCUT2D eigenvalue weighted by Crippen LogP contribution is -2.48. The number of methoxy groups -OCH3 is 2. The van der Waals surface area contributed by atoms with Crippen LogP contribution in [0, 0.1) is 5.82 Å². The summed E-state index contributed by atoms with van der Waals surface area (Å²) in [5.74, 6) is 1.13. The summed E-state index contributed by atoms with van der Waals surface area (Å²) >= 11 is 5.75. The average Bonchev–Trinajstić information content (AvgIpc) is 2.92. The van der Waals surface area contributed by atoms with Crippen LogP contribution in [-0.2, 0) is 4.79 Å². The summed E-state index contributed by atoms with van der Waals surface area (Å²) in [5, 5.41) is 2.78. The third-order valence-electron chi connectivity index (χ3n) is 5.90. The van der Waals surface area contributed by atoms with Gasteiger partial charge in [0.25, 0.3) is 5.91 Å². The lowest BCUT2D eigenvalue weighted by atomic mass is 10.1. The number of hydrogen-bond donors (Lipinski definition) is 1. The van der Waals surface area contributed by atoms with Gasteiger partial charge in [0.1, 0.15) is 16.6 Å². The van der Waals surface area contributed by atoms with Gasteiger partial charge >= 0.3 is 0 Å². The Kier molecular flexibility index (Phi) is 8.22. The Morgan fingerprint density at radius 1 is 0.917 bits per heavy atom. The molecule has 1 fully saturated rings. The number of anilines is 2. The molecule has 0 unspecified atom stereocenters. The SMILES string of the molecule is COc1ccc(NC(=O)COc2ccc(C(=S)N3CCN(c4ccc(F)cc4)CC3)cc2OC)cc1. The standard InChI is InChI=1S/C27H28FN3O4S/c1-33-23-10-6-21(7-11-23)29-26(32)18-35-24-12-3-19(17-25(24)34-2)27(36)31-15-13-30(14-16-31)22-8-4-20(28)5-9-22/h3-12,17H,13-16,18H2,1-2H3,(H,29,32). The quantitative estimate of drug-likeness (QED) is 0.453. The molecule has 0 aliphatic carbocycles. The summed E-state index contributed by atoms with van der Waals surface area (Å²) in [4.78, 5) is 17.4. The molecule has 0 saturated carbocycles. The van der Waals surface area contributed by atoms with Crippen LogP contribution in [0.1, 0.15) is 5.56 Å². The summed E-state index contributed by atoms with van der Waals surface area (Å²) in [6.07, 6.45) is 0. The van der Waals surface area contributed by atoms with E-state index in [2.05, 4.69) is 15.1 Å². The van der Waals surface area contributed by atoms with E-state index in [0.29, 0.717) is 22.9 Å². The van der Waals surface area contributed by atoms with Crippen molar-refractivity contribution in [2.75, 3.05) is 57.2 Å². The van der Waals surface area contributed by atoms with Crippen molar-refractivity contribution in [1.29, 1.82) is 0 Å². The van der Waals surface area contributed by atoms with Crippen molar-refractivity contribution in [1.82, 2.24) is 4.90 Å². The minimum atomic E-state index is -0.291. The smallest absolute Gasteiger partial charge is 0.262 e. The van der Waals surface area contributed by atoms with E-state index in [1.54, 1.807) is 56.7 Å². The van der Waals surface area contributed by atoms with Crippen molar-refractivity contribution in [3.63, 3.8) is 0 Å². The fourth-order valence-electron chi connectivity index (χ4n) is 3.94. The van der Waals surface area contributed by atoms with E-state index in [0.717, 1.165) is 42.4 Å². The molecular weight excluding hydrogens is 481 g/mol. The van der Waals surface area contributed by atoms with Crippen molar-refractivity contribution >= 4 is 34.5 Å². The highest BCUT2D eigenvalue weighted by atomic mass is 32.1. The van der Waals surface area contributed by atoms with Crippen LogP contribution in [0.25, 0.3) is 0 Å². The zero-order chi connectivity index (χ0) is 25.5. The lowest BCUT2D eigenvalue weighted by Gasteiger charge is -2.37. The number of amides is 1. The van der Waals surface area contributed by atoms with Crippen molar-refractivity contribution < 1.29 is 23.4 Å². The number of hydrogen-bond acceptors (Lipinski definition) is 6. The van der Waals surface area contributed by atoms with Gasteiger partial charge in [0, 0.05) is 43.1 Å².